The number of hydrogen-bond acceptors (Lipinski definition) is 2. The van der Waals surface area contributed by atoms with Crippen LogP contribution in [0, 0.1) is 0 Å². The molecule has 0 bridgehead atoms. The molecule has 6 aromatic rings. The molecule has 0 saturated heterocycles. The normalized spacial score (nSPS) is 12.1. The number of aryl methyl sites for hydroxylation is 2. The minimum Gasteiger partial charge on any atom is -0.460 e. The zero-order chi connectivity index (χ0) is 30.1. The molecule has 6 rings (SSSR count). The third-order valence-corrected chi connectivity index (χ3v) is 9.81. The quantitative estimate of drug-likeness (QED) is 0.0737. The van der Waals surface area contributed by atoms with E-state index in [0.29, 0.717) is 0 Å². The Morgan fingerprint density at radius 3 is 1.09 bits per heavy atom. The number of furan rings is 2. The van der Waals surface area contributed by atoms with E-state index in [2.05, 4.69) is 74.5 Å². The molecule has 0 unspecified atom stereocenters. The Hall–Kier alpha value is -3.26. The van der Waals surface area contributed by atoms with Crippen molar-refractivity contribution in [2.45, 2.75) is 129 Å². The zero-order valence-electron chi connectivity index (χ0n) is 27.3. The fourth-order valence-electron chi connectivity index (χ4n) is 7.25. The van der Waals surface area contributed by atoms with E-state index in [-0.39, 0.29) is 0 Å². The largest absolute Gasteiger partial charge is 0.460 e. The highest BCUT2D eigenvalue weighted by Crippen LogP contribution is 2.38. The third-order valence-electron chi connectivity index (χ3n) is 9.81. The van der Waals surface area contributed by atoms with Gasteiger partial charge in [0, 0.05) is 34.4 Å². The van der Waals surface area contributed by atoms with Crippen molar-refractivity contribution < 1.29 is 8.83 Å². The lowest BCUT2D eigenvalue weighted by Crippen LogP contribution is -1.84. The standard InChI is InChI=1S/C42H52O2/c1-3-5-7-9-11-13-15-17-19-33-29-31-21-23-37-35-26-28-40-38(36(35)25-27-39(37)41(31)43-33)24-22-32-30-34(44-42(32)40)20-18-16-14-12-10-8-6-4-2/h21-30H,3-20H2,1-2H3. The van der Waals surface area contributed by atoms with Crippen molar-refractivity contribution in [1.82, 2.24) is 0 Å². The molecule has 0 spiro atoms. The fraction of sp³-hybridized carbons (Fsp3) is 0.476. The van der Waals surface area contributed by atoms with E-state index in [0.717, 1.165) is 35.5 Å². The Bertz CT molecular complexity index is 1670. The van der Waals surface area contributed by atoms with Crippen molar-refractivity contribution in [3.63, 3.8) is 0 Å². The maximum atomic E-state index is 6.49. The van der Waals surface area contributed by atoms with Gasteiger partial charge in [0.2, 0.25) is 0 Å². The highest BCUT2D eigenvalue weighted by Gasteiger charge is 2.14. The Balaban J connectivity index is 1.16. The Kier molecular flexibility index (Phi) is 10.6. The number of hydrogen-bond donors (Lipinski definition) is 0. The van der Waals surface area contributed by atoms with Crippen LogP contribution in [0.4, 0.5) is 0 Å². The Morgan fingerprint density at radius 1 is 0.364 bits per heavy atom. The highest BCUT2D eigenvalue weighted by atomic mass is 16.3. The maximum Gasteiger partial charge on any atom is 0.142 e. The van der Waals surface area contributed by atoms with Crippen LogP contribution in [0.3, 0.4) is 0 Å². The third kappa shape index (κ3) is 7.01. The van der Waals surface area contributed by atoms with Crippen molar-refractivity contribution in [1.29, 1.82) is 0 Å². The molecule has 0 fully saturated rings. The van der Waals surface area contributed by atoms with Crippen molar-refractivity contribution in [2.75, 3.05) is 0 Å². The van der Waals surface area contributed by atoms with Gasteiger partial charge < -0.3 is 8.83 Å². The van der Waals surface area contributed by atoms with Gasteiger partial charge in [-0.2, -0.15) is 0 Å². The highest BCUT2D eigenvalue weighted by molar-refractivity contribution is 6.23. The molecule has 2 nitrogen and oxygen atoms in total. The number of fused-ring (bicyclic) bond motifs is 9. The van der Waals surface area contributed by atoms with Gasteiger partial charge in [0.25, 0.3) is 0 Å². The van der Waals surface area contributed by atoms with E-state index in [1.807, 2.05) is 0 Å². The van der Waals surface area contributed by atoms with E-state index in [1.54, 1.807) is 0 Å². The lowest BCUT2D eigenvalue weighted by Gasteiger charge is -2.08. The first-order chi connectivity index (χ1) is 21.8. The second-order valence-electron chi connectivity index (χ2n) is 13.3. The first-order valence-corrected chi connectivity index (χ1v) is 18.0. The number of unbranched alkanes of at least 4 members (excludes halogenated alkanes) is 14. The second kappa shape index (κ2) is 15.2. The molecule has 0 saturated carbocycles. The van der Waals surface area contributed by atoms with Crippen LogP contribution in [0.25, 0.3) is 54.3 Å². The summed E-state index contributed by atoms with van der Waals surface area (Å²) >= 11 is 0. The smallest absolute Gasteiger partial charge is 0.142 e. The maximum absolute atomic E-state index is 6.49. The Labute approximate surface area is 264 Å². The summed E-state index contributed by atoms with van der Waals surface area (Å²) in [6.45, 7) is 4.57. The van der Waals surface area contributed by atoms with E-state index < -0.39 is 0 Å². The number of benzene rings is 4. The van der Waals surface area contributed by atoms with Gasteiger partial charge in [-0.3, -0.25) is 0 Å². The summed E-state index contributed by atoms with van der Waals surface area (Å²) in [5.74, 6) is 2.25. The van der Waals surface area contributed by atoms with Crippen molar-refractivity contribution in [3.05, 3.63) is 72.2 Å². The molecule has 0 radical (unpaired) electrons. The van der Waals surface area contributed by atoms with Gasteiger partial charge in [0.15, 0.2) is 0 Å². The predicted octanol–water partition coefficient (Wildman–Crippen LogP) is 14.0. The molecule has 0 aliphatic rings. The molecule has 44 heavy (non-hydrogen) atoms. The van der Waals surface area contributed by atoms with Gasteiger partial charge in [-0.05, 0) is 58.7 Å². The molecule has 2 aromatic heterocycles. The van der Waals surface area contributed by atoms with Crippen LogP contribution < -0.4 is 0 Å². The van der Waals surface area contributed by atoms with Gasteiger partial charge >= 0.3 is 0 Å². The van der Waals surface area contributed by atoms with Crippen LogP contribution in [-0.4, -0.2) is 0 Å². The van der Waals surface area contributed by atoms with Crippen LogP contribution in [0.1, 0.15) is 128 Å². The molecule has 4 aromatic carbocycles. The summed E-state index contributed by atoms with van der Waals surface area (Å²) in [5, 5.41) is 9.94. The summed E-state index contributed by atoms with van der Waals surface area (Å²) in [4.78, 5) is 0. The average molecular weight is 589 g/mol. The predicted molar refractivity (Wildman–Crippen MR) is 191 cm³/mol. The summed E-state index contributed by atoms with van der Waals surface area (Å²) in [7, 11) is 0. The minimum atomic E-state index is 1.03. The van der Waals surface area contributed by atoms with Gasteiger partial charge in [0.1, 0.15) is 22.7 Å². The van der Waals surface area contributed by atoms with Crippen LogP contribution >= 0.6 is 0 Å². The van der Waals surface area contributed by atoms with E-state index in [9.17, 15) is 0 Å². The lowest BCUT2D eigenvalue weighted by atomic mass is 9.95. The number of rotatable bonds is 18. The first-order valence-electron chi connectivity index (χ1n) is 18.0. The van der Waals surface area contributed by atoms with Crippen LogP contribution in [0.15, 0.2) is 69.5 Å². The van der Waals surface area contributed by atoms with Gasteiger partial charge in [-0.1, -0.05) is 140 Å². The van der Waals surface area contributed by atoms with Crippen molar-refractivity contribution >= 4 is 54.3 Å². The molecular formula is C42H52O2. The molecular weight excluding hydrogens is 536 g/mol. The molecule has 2 heterocycles. The Morgan fingerprint density at radius 2 is 0.682 bits per heavy atom. The molecule has 0 aliphatic carbocycles. The SMILES string of the molecule is CCCCCCCCCCc1cc2ccc3c4ccc5c(ccc6cc(CCCCCCCCCC)oc65)c4ccc3c2o1. The minimum absolute atomic E-state index is 1.03. The van der Waals surface area contributed by atoms with Crippen LogP contribution in [0.2, 0.25) is 0 Å². The monoisotopic (exact) mass is 588 g/mol. The molecule has 0 atom stereocenters. The summed E-state index contributed by atoms with van der Waals surface area (Å²) in [6, 6.07) is 22.7. The van der Waals surface area contributed by atoms with E-state index in [1.165, 1.54) is 146 Å². The molecule has 232 valence electrons. The van der Waals surface area contributed by atoms with Crippen LogP contribution in [-0.2, 0) is 12.8 Å². The van der Waals surface area contributed by atoms with Gasteiger partial charge in [-0.15, -0.1) is 0 Å². The molecule has 0 N–H and O–H groups in total. The first kappa shape index (κ1) is 30.8. The van der Waals surface area contributed by atoms with Crippen molar-refractivity contribution in [3.8, 4) is 0 Å². The lowest BCUT2D eigenvalue weighted by molar-refractivity contribution is 0.519. The summed E-state index contributed by atoms with van der Waals surface area (Å²) in [5.41, 5.74) is 2.07. The fourth-order valence-corrected chi connectivity index (χ4v) is 7.25. The van der Waals surface area contributed by atoms with Gasteiger partial charge in [0.05, 0.1) is 0 Å². The van der Waals surface area contributed by atoms with Crippen LogP contribution in [0.5, 0.6) is 0 Å². The van der Waals surface area contributed by atoms with Gasteiger partial charge in [-0.25, -0.2) is 0 Å². The van der Waals surface area contributed by atoms with Crippen molar-refractivity contribution in [2.24, 2.45) is 0 Å². The topological polar surface area (TPSA) is 26.3 Å². The molecule has 0 aliphatic heterocycles. The summed E-state index contributed by atoms with van der Waals surface area (Å²) in [6.07, 6.45) is 23.5. The van der Waals surface area contributed by atoms with E-state index >= 15 is 0 Å². The second-order valence-corrected chi connectivity index (χ2v) is 13.3. The van der Waals surface area contributed by atoms with E-state index in [4.69, 9.17) is 8.83 Å². The zero-order valence-corrected chi connectivity index (χ0v) is 27.3. The molecule has 2 heteroatoms. The summed E-state index contributed by atoms with van der Waals surface area (Å²) < 4.78 is 13.0. The molecule has 0 amide bonds. The average Bonchev–Trinajstić information content (AvgIpc) is 3.67.